The van der Waals surface area contributed by atoms with Crippen molar-refractivity contribution in [2.45, 2.75) is 6.92 Å². The standard InChI is InChI=1S/C42H29N/c1-28-27-43-24-23-36(28)34-12-8-11-33(25-34)30-17-20-31(21-18-30)41-37-13-4-6-15-39(37)42(40-16-7-5-14-38(40)41)35-22-19-29-9-2-3-10-32(29)26-35/h2-27H,1H3. The Bertz CT molecular complexity index is 2240. The van der Waals surface area contributed by atoms with Gasteiger partial charge >= 0.3 is 0 Å². The molecule has 1 aromatic heterocycles. The van der Waals surface area contributed by atoms with Gasteiger partial charge in [-0.3, -0.25) is 4.98 Å². The van der Waals surface area contributed by atoms with Crippen molar-refractivity contribution in [3.63, 3.8) is 0 Å². The normalized spacial score (nSPS) is 11.4. The zero-order chi connectivity index (χ0) is 28.8. The van der Waals surface area contributed by atoms with Crippen LogP contribution in [0.1, 0.15) is 5.56 Å². The second kappa shape index (κ2) is 10.4. The Labute approximate surface area is 251 Å². The van der Waals surface area contributed by atoms with E-state index in [9.17, 15) is 0 Å². The summed E-state index contributed by atoms with van der Waals surface area (Å²) in [7, 11) is 0. The first-order chi connectivity index (χ1) is 21.2. The molecule has 0 aliphatic rings. The maximum absolute atomic E-state index is 4.27. The molecule has 8 rings (SSSR count). The third kappa shape index (κ3) is 4.38. The molecule has 0 amide bonds. The van der Waals surface area contributed by atoms with Gasteiger partial charge in [0.2, 0.25) is 0 Å². The van der Waals surface area contributed by atoms with Gasteiger partial charge in [0.1, 0.15) is 0 Å². The Balaban J connectivity index is 1.29. The molecule has 0 bridgehead atoms. The van der Waals surface area contributed by atoms with Gasteiger partial charge in [-0.15, -0.1) is 0 Å². The Morgan fingerprint density at radius 3 is 1.63 bits per heavy atom. The molecule has 1 heteroatoms. The highest BCUT2D eigenvalue weighted by molar-refractivity contribution is 6.21. The van der Waals surface area contributed by atoms with E-state index in [1.165, 1.54) is 82.4 Å². The number of hydrogen-bond acceptors (Lipinski definition) is 1. The third-order valence-corrected chi connectivity index (χ3v) is 8.67. The number of hydrogen-bond donors (Lipinski definition) is 0. The van der Waals surface area contributed by atoms with Gasteiger partial charge in [0.25, 0.3) is 0 Å². The van der Waals surface area contributed by atoms with Crippen molar-refractivity contribution < 1.29 is 0 Å². The average Bonchev–Trinajstić information content (AvgIpc) is 3.07. The molecule has 1 nitrogen and oxygen atoms in total. The minimum Gasteiger partial charge on any atom is -0.264 e. The van der Waals surface area contributed by atoms with Crippen LogP contribution in [0.2, 0.25) is 0 Å². The summed E-state index contributed by atoms with van der Waals surface area (Å²) in [5.74, 6) is 0. The maximum atomic E-state index is 4.27. The highest BCUT2D eigenvalue weighted by Crippen LogP contribution is 2.44. The highest BCUT2D eigenvalue weighted by Gasteiger charge is 2.17. The fourth-order valence-electron chi connectivity index (χ4n) is 6.59. The van der Waals surface area contributed by atoms with Crippen LogP contribution in [0.5, 0.6) is 0 Å². The largest absolute Gasteiger partial charge is 0.264 e. The van der Waals surface area contributed by atoms with Gasteiger partial charge in [0, 0.05) is 12.4 Å². The van der Waals surface area contributed by atoms with Gasteiger partial charge in [-0.2, -0.15) is 0 Å². The molecule has 0 radical (unpaired) electrons. The Morgan fingerprint density at radius 2 is 0.953 bits per heavy atom. The number of rotatable bonds is 4. The van der Waals surface area contributed by atoms with E-state index in [0.717, 1.165) is 0 Å². The highest BCUT2D eigenvalue weighted by atomic mass is 14.6. The van der Waals surface area contributed by atoms with E-state index < -0.39 is 0 Å². The van der Waals surface area contributed by atoms with Crippen LogP contribution in [-0.2, 0) is 0 Å². The van der Waals surface area contributed by atoms with Gasteiger partial charge < -0.3 is 0 Å². The summed E-state index contributed by atoms with van der Waals surface area (Å²) in [5, 5.41) is 7.61. The number of aromatic nitrogens is 1. The first-order valence-electron chi connectivity index (χ1n) is 14.8. The fraction of sp³-hybridized carbons (Fsp3) is 0.0238. The van der Waals surface area contributed by atoms with Crippen molar-refractivity contribution in [2.24, 2.45) is 0 Å². The smallest absolute Gasteiger partial charge is 0.0303 e. The molecule has 0 aliphatic heterocycles. The zero-order valence-corrected chi connectivity index (χ0v) is 24.0. The fourth-order valence-corrected chi connectivity index (χ4v) is 6.59. The lowest BCUT2D eigenvalue weighted by atomic mass is 9.85. The van der Waals surface area contributed by atoms with Crippen LogP contribution in [0, 0.1) is 6.92 Å². The molecule has 0 aliphatic carbocycles. The molecule has 0 N–H and O–H groups in total. The third-order valence-electron chi connectivity index (χ3n) is 8.67. The molecule has 0 spiro atoms. The number of aryl methyl sites for hydroxylation is 1. The Kier molecular flexibility index (Phi) is 6.09. The summed E-state index contributed by atoms with van der Waals surface area (Å²) < 4.78 is 0. The van der Waals surface area contributed by atoms with E-state index in [-0.39, 0.29) is 0 Å². The number of fused-ring (bicyclic) bond motifs is 3. The minimum atomic E-state index is 1.18. The summed E-state index contributed by atoms with van der Waals surface area (Å²) in [4.78, 5) is 4.27. The SMILES string of the molecule is Cc1cnccc1-c1cccc(-c2ccc(-c3c4ccccc4c(-c4ccc5ccccc5c4)c4ccccc34)cc2)c1. The molecular formula is C42H29N. The van der Waals surface area contributed by atoms with Crippen LogP contribution in [-0.4, -0.2) is 4.98 Å². The van der Waals surface area contributed by atoms with Gasteiger partial charge in [-0.1, -0.05) is 127 Å². The van der Waals surface area contributed by atoms with Gasteiger partial charge in [-0.05, 0) is 108 Å². The van der Waals surface area contributed by atoms with Crippen LogP contribution in [0.4, 0.5) is 0 Å². The average molecular weight is 548 g/mol. The molecule has 0 saturated carbocycles. The summed E-state index contributed by atoms with van der Waals surface area (Å²) in [5.41, 5.74) is 11.1. The molecule has 1 heterocycles. The minimum absolute atomic E-state index is 1.18. The van der Waals surface area contributed by atoms with Crippen molar-refractivity contribution in [3.8, 4) is 44.5 Å². The molecule has 202 valence electrons. The molecule has 0 unspecified atom stereocenters. The predicted molar refractivity (Wildman–Crippen MR) is 183 cm³/mol. The number of pyridine rings is 1. The van der Waals surface area contributed by atoms with E-state index in [1.807, 2.05) is 12.4 Å². The molecule has 0 atom stereocenters. The van der Waals surface area contributed by atoms with Crippen LogP contribution >= 0.6 is 0 Å². The van der Waals surface area contributed by atoms with Crippen LogP contribution in [0.3, 0.4) is 0 Å². The lowest BCUT2D eigenvalue weighted by molar-refractivity contribution is 1.27. The first kappa shape index (κ1) is 25.2. The summed E-state index contributed by atoms with van der Waals surface area (Å²) >= 11 is 0. The summed E-state index contributed by atoms with van der Waals surface area (Å²) in [6.07, 6.45) is 3.79. The molecule has 0 saturated heterocycles. The Morgan fingerprint density at radius 1 is 0.395 bits per heavy atom. The monoisotopic (exact) mass is 547 g/mol. The number of nitrogens with zero attached hydrogens (tertiary/aromatic N) is 1. The molecular weight excluding hydrogens is 518 g/mol. The van der Waals surface area contributed by atoms with Gasteiger partial charge in [0.15, 0.2) is 0 Å². The molecule has 7 aromatic carbocycles. The van der Waals surface area contributed by atoms with E-state index >= 15 is 0 Å². The van der Waals surface area contributed by atoms with Crippen molar-refractivity contribution in [1.29, 1.82) is 0 Å². The lowest BCUT2D eigenvalue weighted by Gasteiger charge is -2.18. The maximum Gasteiger partial charge on any atom is 0.0303 e. The second-order valence-electron chi connectivity index (χ2n) is 11.3. The van der Waals surface area contributed by atoms with E-state index in [1.54, 1.807) is 0 Å². The van der Waals surface area contributed by atoms with Crippen LogP contribution in [0.25, 0.3) is 76.8 Å². The van der Waals surface area contributed by atoms with Crippen molar-refractivity contribution >= 4 is 32.3 Å². The van der Waals surface area contributed by atoms with Crippen LogP contribution < -0.4 is 0 Å². The Hall–Kier alpha value is -5.53. The first-order valence-corrected chi connectivity index (χ1v) is 14.8. The van der Waals surface area contributed by atoms with E-state index in [4.69, 9.17) is 0 Å². The van der Waals surface area contributed by atoms with Crippen molar-refractivity contribution in [1.82, 2.24) is 4.98 Å². The summed E-state index contributed by atoms with van der Waals surface area (Å²) in [6, 6.07) is 53.1. The molecule has 0 fully saturated rings. The van der Waals surface area contributed by atoms with Crippen LogP contribution in [0.15, 0.2) is 158 Å². The second-order valence-corrected chi connectivity index (χ2v) is 11.3. The quantitative estimate of drug-likeness (QED) is 0.200. The summed E-state index contributed by atoms with van der Waals surface area (Å²) in [6.45, 7) is 2.11. The van der Waals surface area contributed by atoms with E-state index in [0.29, 0.717) is 0 Å². The molecule has 43 heavy (non-hydrogen) atoms. The predicted octanol–water partition coefficient (Wildman–Crippen LogP) is 11.5. The molecule has 8 aromatic rings. The van der Waals surface area contributed by atoms with Crippen molar-refractivity contribution in [3.05, 3.63) is 164 Å². The lowest BCUT2D eigenvalue weighted by Crippen LogP contribution is -1.91. The van der Waals surface area contributed by atoms with Gasteiger partial charge in [0.05, 0.1) is 0 Å². The zero-order valence-electron chi connectivity index (χ0n) is 24.0. The van der Waals surface area contributed by atoms with Crippen molar-refractivity contribution in [2.75, 3.05) is 0 Å². The van der Waals surface area contributed by atoms with E-state index in [2.05, 4.69) is 158 Å². The number of benzene rings is 7. The topological polar surface area (TPSA) is 12.9 Å². The van der Waals surface area contributed by atoms with Gasteiger partial charge in [-0.25, -0.2) is 0 Å².